The number of phenols is 1. The SMILES string of the molecule is CCOc1ccc(/C=C2\C=C(c3ccccc3)N(c3ccc(O)c(C(=O)O)c3)C2=O)cc1Br. The maximum Gasteiger partial charge on any atom is 0.339 e. The van der Waals surface area contributed by atoms with Crippen LogP contribution in [0.3, 0.4) is 0 Å². The summed E-state index contributed by atoms with van der Waals surface area (Å²) < 4.78 is 6.33. The largest absolute Gasteiger partial charge is 0.507 e. The molecule has 0 atom stereocenters. The summed E-state index contributed by atoms with van der Waals surface area (Å²) in [4.78, 5) is 26.5. The van der Waals surface area contributed by atoms with E-state index >= 15 is 0 Å². The average molecular weight is 506 g/mol. The molecule has 1 heterocycles. The second-order valence-electron chi connectivity index (χ2n) is 7.27. The Kier molecular flexibility index (Phi) is 6.33. The van der Waals surface area contributed by atoms with Crippen molar-refractivity contribution >= 4 is 45.3 Å². The van der Waals surface area contributed by atoms with Gasteiger partial charge < -0.3 is 14.9 Å². The van der Waals surface area contributed by atoms with Gasteiger partial charge in [0, 0.05) is 5.57 Å². The number of benzene rings is 3. The van der Waals surface area contributed by atoms with Crippen molar-refractivity contribution in [1.29, 1.82) is 0 Å². The molecule has 3 aromatic carbocycles. The number of carboxylic acids is 1. The van der Waals surface area contributed by atoms with Crippen LogP contribution in [0.25, 0.3) is 11.8 Å². The molecular formula is C26H20BrNO5. The number of carbonyl (C=O) groups excluding carboxylic acids is 1. The first-order valence-corrected chi connectivity index (χ1v) is 11.0. The molecule has 0 radical (unpaired) electrons. The van der Waals surface area contributed by atoms with Crippen molar-refractivity contribution < 1.29 is 24.5 Å². The molecule has 1 aliphatic rings. The number of aromatic carboxylic acids is 1. The summed E-state index contributed by atoms with van der Waals surface area (Å²) in [5.41, 5.74) is 2.72. The summed E-state index contributed by atoms with van der Waals surface area (Å²) in [6.07, 6.45) is 3.54. The molecule has 0 bridgehead atoms. The highest BCUT2D eigenvalue weighted by Crippen LogP contribution is 2.37. The van der Waals surface area contributed by atoms with E-state index in [1.807, 2.05) is 55.5 Å². The van der Waals surface area contributed by atoms with Crippen LogP contribution in [-0.2, 0) is 4.79 Å². The Morgan fingerprint density at radius 2 is 1.85 bits per heavy atom. The molecule has 2 N–H and O–H groups in total. The van der Waals surface area contributed by atoms with E-state index in [0.717, 1.165) is 15.6 Å². The minimum Gasteiger partial charge on any atom is -0.507 e. The number of aromatic hydroxyl groups is 1. The van der Waals surface area contributed by atoms with Gasteiger partial charge in [-0.1, -0.05) is 36.4 Å². The van der Waals surface area contributed by atoms with Crippen LogP contribution in [0.1, 0.15) is 28.4 Å². The summed E-state index contributed by atoms with van der Waals surface area (Å²) in [5, 5.41) is 19.3. The lowest BCUT2D eigenvalue weighted by atomic mass is 10.1. The minimum absolute atomic E-state index is 0.277. The maximum atomic E-state index is 13.5. The molecule has 6 nitrogen and oxygen atoms in total. The van der Waals surface area contributed by atoms with Crippen molar-refractivity contribution in [2.45, 2.75) is 6.92 Å². The van der Waals surface area contributed by atoms with Gasteiger partial charge in [-0.3, -0.25) is 9.69 Å². The smallest absolute Gasteiger partial charge is 0.339 e. The van der Waals surface area contributed by atoms with E-state index in [1.165, 1.54) is 23.1 Å². The van der Waals surface area contributed by atoms with Crippen LogP contribution in [0, 0.1) is 0 Å². The number of rotatable bonds is 6. The lowest BCUT2D eigenvalue weighted by Gasteiger charge is -2.21. The fourth-order valence-corrected chi connectivity index (χ4v) is 4.10. The quantitative estimate of drug-likeness (QED) is 0.418. The van der Waals surface area contributed by atoms with Crippen LogP contribution in [-0.4, -0.2) is 28.7 Å². The first-order chi connectivity index (χ1) is 15.9. The van der Waals surface area contributed by atoms with Crippen molar-refractivity contribution in [2.75, 3.05) is 11.5 Å². The summed E-state index contributed by atoms with van der Waals surface area (Å²) in [5.74, 6) is -1.23. The second-order valence-corrected chi connectivity index (χ2v) is 8.12. The van der Waals surface area contributed by atoms with Crippen molar-refractivity contribution in [3.8, 4) is 11.5 Å². The van der Waals surface area contributed by atoms with Crippen LogP contribution in [0.4, 0.5) is 5.69 Å². The number of amides is 1. The third kappa shape index (κ3) is 4.54. The van der Waals surface area contributed by atoms with E-state index < -0.39 is 5.97 Å². The van der Waals surface area contributed by atoms with Gasteiger partial charge in [-0.2, -0.15) is 0 Å². The predicted molar refractivity (Wildman–Crippen MR) is 130 cm³/mol. The molecule has 1 amide bonds. The molecule has 4 rings (SSSR count). The summed E-state index contributed by atoms with van der Waals surface area (Å²) >= 11 is 3.49. The highest BCUT2D eigenvalue weighted by atomic mass is 79.9. The molecule has 0 aliphatic carbocycles. The Bertz CT molecular complexity index is 1300. The number of hydrogen-bond donors (Lipinski definition) is 2. The number of anilines is 1. The topological polar surface area (TPSA) is 87.1 Å². The van der Waals surface area contributed by atoms with Crippen molar-refractivity contribution in [1.82, 2.24) is 0 Å². The number of ether oxygens (including phenoxy) is 1. The molecule has 0 saturated heterocycles. The average Bonchev–Trinajstić information content (AvgIpc) is 3.12. The van der Waals surface area contributed by atoms with Gasteiger partial charge in [-0.15, -0.1) is 0 Å². The normalized spacial score (nSPS) is 14.5. The number of halogens is 1. The molecule has 0 unspecified atom stereocenters. The lowest BCUT2D eigenvalue weighted by Crippen LogP contribution is -2.25. The van der Waals surface area contributed by atoms with Crippen LogP contribution >= 0.6 is 15.9 Å². The summed E-state index contributed by atoms with van der Waals surface area (Å²) in [6.45, 7) is 2.45. The van der Waals surface area contributed by atoms with Gasteiger partial charge in [0.15, 0.2) is 0 Å². The lowest BCUT2D eigenvalue weighted by molar-refractivity contribution is -0.113. The fourth-order valence-electron chi connectivity index (χ4n) is 3.59. The Balaban J connectivity index is 1.80. The zero-order valence-corrected chi connectivity index (χ0v) is 19.2. The van der Waals surface area contributed by atoms with Gasteiger partial charge in [-0.25, -0.2) is 4.79 Å². The van der Waals surface area contributed by atoms with E-state index in [-0.39, 0.29) is 17.2 Å². The first-order valence-electron chi connectivity index (χ1n) is 10.2. The van der Waals surface area contributed by atoms with E-state index in [2.05, 4.69) is 15.9 Å². The number of nitrogens with zero attached hydrogens (tertiary/aromatic N) is 1. The van der Waals surface area contributed by atoms with Gasteiger partial charge in [0.25, 0.3) is 5.91 Å². The van der Waals surface area contributed by atoms with Gasteiger partial charge in [0.05, 0.1) is 22.5 Å². The third-order valence-corrected chi connectivity index (χ3v) is 5.72. The van der Waals surface area contributed by atoms with Gasteiger partial charge in [0.2, 0.25) is 0 Å². The highest BCUT2D eigenvalue weighted by Gasteiger charge is 2.31. The summed E-state index contributed by atoms with van der Waals surface area (Å²) in [6, 6.07) is 19.0. The van der Waals surface area contributed by atoms with Gasteiger partial charge >= 0.3 is 5.97 Å². The molecular weight excluding hydrogens is 486 g/mol. The van der Waals surface area contributed by atoms with Gasteiger partial charge in [0.1, 0.15) is 17.1 Å². The van der Waals surface area contributed by atoms with Crippen LogP contribution in [0.15, 0.2) is 82.9 Å². The van der Waals surface area contributed by atoms with Crippen LogP contribution in [0.2, 0.25) is 0 Å². The summed E-state index contributed by atoms with van der Waals surface area (Å²) in [7, 11) is 0. The molecule has 33 heavy (non-hydrogen) atoms. The van der Waals surface area contributed by atoms with E-state index in [1.54, 1.807) is 12.2 Å². The first kappa shape index (κ1) is 22.4. The Morgan fingerprint density at radius 1 is 1.09 bits per heavy atom. The second kappa shape index (κ2) is 9.34. The van der Waals surface area contributed by atoms with Crippen molar-refractivity contribution in [2.24, 2.45) is 0 Å². The number of carbonyl (C=O) groups is 2. The molecule has 0 fully saturated rings. The van der Waals surface area contributed by atoms with Crippen LogP contribution in [0.5, 0.6) is 11.5 Å². The molecule has 0 aromatic heterocycles. The van der Waals surface area contributed by atoms with E-state index in [4.69, 9.17) is 4.74 Å². The number of hydrogen-bond acceptors (Lipinski definition) is 4. The molecule has 3 aromatic rings. The zero-order valence-electron chi connectivity index (χ0n) is 17.7. The molecule has 166 valence electrons. The van der Waals surface area contributed by atoms with Crippen molar-refractivity contribution in [3.63, 3.8) is 0 Å². The molecule has 1 aliphatic heterocycles. The van der Waals surface area contributed by atoms with E-state index in [0.29, 0.717) is 29.3 Å². The van der Waals surface area contributed by atoms with Crippen molar-refractivity contribution in [3.05, 3.63) is 99.5 Å². The Hall–Kier alpha value is -3.84. The van der Waals surface area contributed by atoms with Gasteiger partial charge in [-0.05, 0) is 76.5 Å². The zero-order chi connectivity index (χ0) is 23.5. The highest BCUT2D eigenvalue weighted by molar-refractivity contribution is 9.10. The fraction of sp³-hybridized carbons (Fsp3) is 0.0769. The van der Waals surface area contributed by atoms with Crippen LogP contribution < -0.4 is 9.64 Å². The Labute approximate surface area is 199 Å². The molecule has 0 spiro atoms. The molecule has 0 saturated carbocycles. The standard InChI is InChI=1S/C26H20BrNO5/c1-2-33-24-11-8-16(13-21(24)27)12-18-14-22(17-6-4-3-5-7-17)28(25(18)30)19-9-10-23(29)20(15-19)26(31)32/h3-15,29H,2H2,1H3,(H,31,32)/b18-12+. The third-order valence-electron chi connectivity index (χ3n) is 5.10. The molecule has 7 heteroatoms. The number of carboxylic acid groups (broad SMARTS) is 1. The van der Waals surface area contributed by atoms with E-state index in [9.17, 15) is 19.8 Å². The predicted octanol–water partition coefficient (Wildman–Crippen LogP) is 5.72. The minimum atomic E-state index is -1.28. The maximum absolute atomic E-state index is 13.5. The monoisotopic (exact) mass is 505 g/mol. The Morgan fingerprint density at radius 3 is 2.52 bits per heavy atom.